The van der Waals surface area contributed by atoms with Crippen LogP contribution in [0.5, 0.6) is 0 Å². The van der Waals surface area contributed by atoms with Crippen LogP contribution in [0.1, 0.15) is 204 Å². The maximum atomic E-state index is 9.10. The highest BCUT2D eigenvalue weighted by atomic mass is 16.3. The molecule has 0 N–H and O–H groups in total. The Morgan fingerprint density at radius 2 is 0.585 bits per heavy atom. The van der Waals surface area contributed by atoms with Crippen LogP contribution in [0.25, 0.3) is 197 Å². The van der Waals surface area contributed by atoms with Gasteiger partial charge in [-0.15, -0.1) is 0 Å². The second kappa shape index (κ2) is 38.3. The molecule has 0 atom stereocenters. The number of nitrogens with zero attached hydrogens (tertiary/aromatic N) is 8. The summed E-state index contributed by atoms with van der Waals surface area (Å²) in [5.41, 5.74) is 13.5. The van der Waals surface area contributed by atoms with Crippen LogP contribution in [0.2, 0.25) is 0 Å². The van der Waals surface area contributed by atoms with Crippen LogP contribution < -0.4 is 18.3 Å². The molecule has 22 rings (SSSR count). The van der Waals surface area contributed by atoms with E-state index in [9.17, 15) is 0 Å². The van der Waals surface area contributed by atoms with Crippen molar-refractivity contribution in [3.8, 4) is 89.5 Å². The molecule has 135 heavy (non-hydrogen) atoms. The molecule has 0 unspecified atom stereocenters. The summed E-state index contributed by atoms with van der Waals surface area (Å²) in [6.45, 7) is 42.9. The second-order valence-electron chi connectivity index (χ2n) is 33.6. The number of hydrogen-bond acceptors (Lipinski definition) is 4. The van der Waals surface area contributed by atoms with Crippen molar-refractivity contribution in [2.24, 2.45) is 28.2 Å². The zero-order valence-electron chi connectivity index (χ0n) is 107. The standard InChI is InChI=1S/C32H29N2O.C31H27N2O.C30H27N2O.C28H23N2O.2CH4/c1-21-14-16-25-26-17-18-27(33-2)30(23-12-8-5-9-13-23)32(26)35-31(25)29(21)28-19-15-24(20-34(28)3)22-10-6-4-7-11-22;1-20-13-15-24-25-16-17-26(32-2)29(22-11-5-4-6-12-22)31(25)34-30(24)28(20)27-18-14-23(19-33(27)3)21-9-7-8-10-21;1-18(2)22-15-17-26(32(6)20(22)4)27-19(3)12-13-23-24-14-16-25(31-5)28(30(24)33-29(23)27)21-10-8-7-9-11-21;1-17-12-16-24(30(5)19(17)3)25-18(2)11-13-21-22-14-15-23(29-4)26(28(22)31-27(21)25)20-9-7-6-8-10-20;;/h5,8-9,12-20,22H,4,6-7,10-11H2,1,3H3;4-6,11-19,21H,7-10H2,1,3H3;7-18H,1-4,6H3;6-16H,1-3,5H3;2*1H4/q4*+1;;/i5D,8D,9D,12D,13D,15D,22D;4D,5D,6D,11D,12D,14D,21D;7D,8D,9D,10D,11D,15D,17D,18D;1D3,6D,7D,8D,9D,10D,12D,16D;;. The highest BCUT2D eigenvalue weighted by Crippen LogP contribution is 2.51. The number of furan rings is 4. The van der Waals surface area contributed by atoms with Gasteiger partial charge in [-0.25, -0.2) is 28.5 Å². The van der Waals surface area contributed by atoms with Crippen LogP contribution in [0, 0.1) is 74.7 Å². The van der Waals surface area contributed by atoms with Gasteiger partial charge in [0, 0.05) is 134 Å². The summed E-state index contributed by atoms with van der Waals surface area (Å²) in [5, 5.41) is 5.12. The van der Waals surface area contributed by atoms with Gasteiger partial charge in [-0.2, -0.15) is 9.13 Å². The van der Waals surface area contributed by atoms with Crippen LogP contribution in [-0.4, -0.2) is 0 Å². The Balaban J connectivity index is 0.000000148. The molecule has 0 radical (unpaired) electrons. The van der Waals surface area contributed by atoms with Crippen molar-refractivity contribution in [1.29, 1.82) is 0 Å². The van der Waals surface area contributed by atoms with E-state index in [4.69, 9.17) is 87.8 Å². The summed E-state index contributed by atoms with van der Waals surface area (Å²) in [4.78, 5) is 14.4. The number of aromatic nitrogens is 4. The zero-order chi connectivity index (χ0) is 120. The fraction of sp³-hybridized carbons (Fsp3) is 0.220. The van der Waals surface area contributed by atoms with Crippen molar-refractivity contribution >= 4 is 111 Å². The minimum absolute atomic E-state index is 0. The van der Waals surface area contributed by atoms with Gasteiger partial charge in [0.15, 0.2) is 46.5 Å². The lowest BCUT2D eigenvalue weighted by Gasteiger charge is -2.21. The predicted molar refractivity (Wildman–Crippen MR) is 556 cm³/mol. The van der Waals surface area contributed by atoms with Gasteiger partial charge >= 0.3 is 0 Å². The van der Waals surface area contributed by atoms with E-state index in [1.807, 2.05) is 99.7 Å². The summed E-state index contributed by atoms with van der Waals surface area (Å²) in [7, 11) is 7.20. The van der Waals surface area contributed by atoms with E-state index in [0.29, 0.717) is 117 Å². The van der Waals surface area contributed by atoms with E-state index >= 15 is 0 Å². The maximum absolute atomic E-state index is 9.10. The van der Waals surface area contributed by atoms with Crippen molar-refractivity contribution in [3.05, 3.63) is 380 Å². The van der Waals surface area contributed by atoms with Gasteiger partial charge in [0.1, 0.15) is 72.9 Å². The van der Waals surface area contributed by atoms with Gasteiger partial charge in [-0.3, -0.25) is 0 Å². The van der Waals surface area contributed by atoms with Gasteiger partial charge < -0.3 is 17.7 Å². The van der Waals surface area contributed by atoms with Crippen molar-refractivity contribution in [2.75, 3.05) is 0 Å². The molecular formula is C123H114N8O4+4. The molecule has 0 aliphatic heterocycles. The zero-order valence-corrected chi connectivity index (χ0v) is 75.1. The molecule has 20 aromatic rings. The monoisotopic (exact) mass is 1800 g/mol. The third-order valence-electron chi connectivity index (χ3n) is 25.5. The van der Waals surface area contributed by atoms with Gasteiger partial charge in [0.05, 0.1) is 84.2 Å². The lowest BCUT2D eigenvalue weighted by atomic mass is 9.84. The first kappa shape index (κ1) is 59.7. The van der Waals surface area contributed by atoms with Gasteiger partial charge in [-0.1, -0.05) is 279 Å². The molecule has 666 valence electrons. The number of fused-ring (bicyclic) bond motifs is 12. The van der Waals surface area contributed by atoms with Crippen LogP contribution in [0.4, 0.5) is 22.7 Å². The topological polar surface area (TPSA) is 85.5 Å². The average Bonchev–Trinajstić information content (AvgIpc) is 1.60. The first-order chi connectivity index (χ1) is 77.7. The van der Waals surface area contributed by atoms with Crippen LogP contribution in [0.3, 0.4) is 0 Å². The minimum Gasteiger partial charge on any atom is -0.456 e. The molecule has 8 heterocycles. The van der Waals surface area contributed by atoms with E-state index in [-0.39, 0.29) is 134 Å². The van der Waals surface area contributed by atoms with Gasteiger partial charge in [0.25, 0.3) is 0 Å². The molecule has 0 amide bonds. The summed E-state index contributed by atoms with van der Waals surface area (Å²) < 4.78 is 302. The lowest BCUT2D eigenvalue weighted by molar-refractivity contribution is -0.667. The summed E-state index contributed by atoms with van der Waals surface area (Å²) in [6, 6.07) is 22.0. The molecule has 2 aliphatic carbocycles. The van der Waals surface area contributed by atoms with Crippen molar-refractivity contribution in [2.45, 2.75) is 153 Å². The highest BCUT2D eigenvalue weighted by Gasteiger charge is 2.32. The second-order valence-corrected chi connectivity index (χ2v) is 33.6. The van der Waals surface area contributed by atoms with E-state index in [0.717, 1.165) is 108 Å². The Bertz CT molecular complexity index is 9790. The molecule has 0 saturated heterocycles. The molecule has 12 heteroatoms. The number of hydrogen-bond donors (Lipinski definition) is 0. The van der Waals surface area contributed by atoms with Crippen LogP contribution in [-0.2, 0) is 28.2 Å². The summed E-state index contributed by atoms with van der Waals surface area (Å²) >= 11 is 0. The first-order valence-electron chi connectivity index (χ1n) is 59.5. The van der Waals surface area contributed by atoms with E-state index in [1.54, 1.807) is 118 Å². The van der Waals surface area contributed by atoms with E-state index in [1.165, 1.54) is 6.07 Å². The molecule has 0 bridgehead atoms. The average molecular weight is 1800 g/mol. The fourth-order valence-corrected chi connectivity index (χ4v) is 18.5. The molecular weight excluding hydrogens is 1650 g/mol. The molecule has 8 aromatic heterocycles. The van der Waals surface area contributed by atoms with Gasteiger partial charge in [-0.05, 0) is 147 Å². The number of pyridine rings is 4. The molecule has 2 saturated carbocycles. The van der Waals surface area contributed by atoms with Crippen LogP contribution in [0.15, 0.2) is 296 Å². The minimum atomic E-state index is -2.59. The molecule has 0 spiro atoms. The lowest BCUT2D eigenvalue weighted by Crippen LogP contribution is -2.36. The third kappa shape index (κ3) is 16.5. The SMILES string of the molecule is C.C.[2H]c1c([2H])c([2H])c(-c2c([N+]#[C-])ccc3c2oc2c(-c4c([2H])c([2H])c(C([2H])(C)C)c(C)[n+]4C)c(C)ccc23)c([2H])c1[2H].[2H]c1c([2H])c([2H])c(-c2c([N+]#[C-])ccc3c2oc2c(-c4c([2H])c([2H])c(C([2H])([2H])[2H])c(C)[n+]4C)c(C)ccc23)c([2H])c1[2H].[2H]c1cc(-c2c(C)ccc3c2oc2c(-c4c([2H])c([2H])c([2H])c([2H])c4[2H])c([N+]#[C-])ccc23)[n+](C)cc1C1([2H])CCCC1.[2H]c1cc(-c2c(C)ccc3c2oc2c(-c4c([2H])c([2H])c([2H])c([2H])c4[2H])c([N+]#[C-])ccc23)[n+](C)cc1C1([2H])CCCCC1. The number of benzene rings is 12. The van der Waals surface area contributed by atoms with Crippen LogP contribution >= 0.6 is 0 Å². The first-order valence-corrected chi connectivity index (χ1v) is 43.5. The van der Waals surface area contributed by atoms with E-state index < -0.39 is 151 Å². The Hall–Kier alpha value is -15.6. The predicted octanol–water partition coefficient (Wildman–Crippen LogP) is 33.4. The molecule has 12 nitrogen and oxygen atoms in total. The smallest absolute Gasteiger partial charge is 0.216 e. The Kier molecular flexibility index (Phi) is 16.9. The third-order valence-corrected chi connectivity index (χ3v) is 25.5. The maximum Gasteiger partial charge on any atom is 0.216 e. The van der Waals surface area contributed by atoms with Crippen molar-refractivity contribution in [3.63, 3.8) is 0 Å². The number of rotatable bonds is 11. The Labute approximate surface area is 837 Å². The number of aryl methyl sites for hydroxylation is 6. The summed E-state index contributed by atoms with van der Waals surface area (Å²) in [5.74, 6) is -2.63. The Morgan fingerprint density at radius 1 is 0.319 bits per heavy atom. The largest absolute Gasteiger partial charge is 0.456 e. The molecule has 2 fully saturated rings. The van der Waals surface area contributed by atoms with E-state index in [2.05, 4.69) is 19.4 Å². The highest BCUT2D eigenvalue weighted by molar-refractivity contribution is 6.19. The van der Waals surface area contributed by atoms with Crippen molar-refractivity contribution in [1.82, 2.24) is 0 Å². The fourth-order valence-electron chi connectivity index (χ4n) is 18.5. The van der Waals surface area contributed by atoms with Gasteiger partial charge in [0.2, 0.25) is 22.8 Å². The quantitative estimate of drug-likeness (QED) is 0.0954. The molecule has 12 aromatic carbocycles. The Morgan fingerprint density at radius 3 is 0.874 bits per heavy atom. The molecule has 2 aliphatic rings. The summed E-state index contributed by atoms with van der Waals surface area (Å²) in [6.07, 6.45) is 11.8. The normalized spacial score (nSPS) is 16.7. The van der Waals surface area contributed by atoms with Crippen molar-refractivity contribution < 1.29 is 79.8 Å².